The first-order chi connectivity index (χ1) is 11.2. The van der Waals surface area contributed by atoms with E-state index in [2.05, 4.69) is 16.5 Å². The molecule has 0 radical (unpaired) electrons. The first-order valence-electron chi connectivity index (χ1n) is 6.85. The minimum Gasteiger partial charge on any atom is -0.284 e. The van der Waals surface area contributed by atoms with E-state index >= 15 is 0 Å². The van der Waals surface area contributed by atoms with E-state index < -0.39 is 0 Å². The Labute approximate surface area is 151 Å². The molecule has 2 aromatic heterocycles. The maximum absolute atomic E-state index is 6.13. The molecule has 2 aromatic carbocycles. The van der Waals surface area contributed by atoms with Crippen molar-refractivity contribution in [2.24, 2.45) is 0 Å². The van der Waals surface area contributed by atoms with Crippen molar-refractivity contribution < 1.29 is 0 Å². The normalized spacial score (nSPS) is 11.2. The van der Waals surface area contributed by atoms with E-state index in [0.717, 1.165) is 26.1 Å². The summed E-state index contributed by atoms with van der Waals surface area (Å²) in [6.07, 6.45) is 2.04. The number of halogens is 2. The number of hydrogen-bond acceptors (Lipinski definition) is 3. The van der Waals surface area contributed by atoms with E-state index in [9.17, 15) is 0 Å². The van der Waals surface area contributed by atoms with Gasteiger partial charge in [0.1, 0.15) is 10.7 Å². The van der Waals surface area contributed by atoms with Crippen molar-refractivity contribution in [3.63, 3.8) is 0 Å². The van der Waals surface area contributed by atoms with Crippen LogP contribution in [0.25, 0.3) is 16.2 Å². The fourth-order valence-electron chi connectivity index (χ4n) is 2.35. The highest BCUT2D eigenvalue weighted by atomic mass is 35.5. The van der Waals surface area contributed by atoms with Crippen molar-refractivity contribution in [2.45, 2.75) is 9.92 Å². The molecule has 2 heterocycles. The topological polar surface area (TPSA) is 17.3 Å². The van der Waals surface area contributed by atoms with Gasteiger partial charge in [-0.3, -0.25) is 4.40 Å². The Bertz CT molecular complexity index is 957. The first kappa shape index (κ1) is 15.1. The number of benzene rings is 2. The van der Waals surface area contributed by atoms with Gasteiger partial charge in [-0.1, -0.05) is 65.3 Å². The van der Waals surface area contributed by atoms with Crippen LogP contribution in [0.4, 0.5) is 0 Å². The first-order valence-corrected chi connectivity index (χ1v) is 9.31. The molecule has 0 atom stereocenters. The summed E-state index contributed by atoms with van der Waals surface area (Å²) in [5, 5.41) is 4.36. The van der Waals surface area contributed by atoms with Gasteiger partial charge in [-0.15, -0.1) is 11.3 Å². The number of hydrogen-bond donors (Lipinski definition) is 0. The predicted octanol–water partition coefficient (Wildman–Crippen LogP) is 6.52. The van der Waals surface area contributed by atoms with Gasteiger partial charge in [-0.2, -0.15) is 0 Å². The molecule has 0 amide bonds. The summed E-state index contributed by atoms with van der Waals surface area (Å²) in [7, 11) is 0. The molecule has 0 aliphatic carbocycles. The monoisotopic (exact) mass is 376 g/mol. The summed E-state index contributed by atoms with van der Waals surface area (Å²) < 4.78 is 2.10. The van der Waals surface area contributed by atoms with Gasteiger partial charge in [-0.05, 0) is 18.2 Å². The number of rotatable bonds is 3. The quantitative estimate of drug-likeness (QED) is 0.404. The largest absolute Gasteiger partial charge is 0.284 e. The zero-order valence-electron chi connectivity index (χ0n) is 11.7. The molecule has 114 valence electrons. The third-order valence-electron chi connectivity index (χ3n) is 3.32. The minimum absolute atomic E-state index is 0.632. The molecule has 0 bridgehead atoms. The van der Waals surface area contributed by atoms with Crippen LogP contribution in [-0.2, 0) is 0 Å². The van der Waals surface area contributed by atoms with E-state index in [1.807, 2.05) is 41.9 Å². The molecule has 0 saturated heterocycles. The van der Waals surface area contributed by atoms with Crippen LogP contribution in [0, 0.1) is 0 Å². The summed E-state index contributed by atoms with van der Waals surface area (Å²) >= 11 is 15.5. The van der Waals surface area contributed by atoms with Crippen molar-refractivity contribution in [3.05, 3.63) is 70.2 Å². The fraction of sp³-hybridized carbons (Fsp3) is 0. The minimum atomic E-state index is 0.632. The van der Waals surface area contributed by atoms with Crippen LogP contribution in [-0.4, -0.2) is 9.38 Å². The lowest BCUT2D eigenvalue weighted by Gasteiger charge is -2.05. The van der Waals surface area contributed by atoms with Crippen molar-refractivity contribution in [1.82, 2.24) is 9.38 Å². The van der Waals surface area contributed by atoms with E-state index in [0.29, 0.717) is 10.0 Å². The van der Waals surface area contributed by atoms with Crippen LogP contribution in [0.2, 0.25) is 10.0 Å². The molecule has 4 rings (SSSR count). The zero-order valence-corrected chi connectivity index (χ0v) is 14.9. The van der Waals surface area contributed by atoms with Crippen molar-refractivity contribution in [2.75, 3.05) is 0 Å². The predicted molar refractivity (Wildman–Crippen MR) is 99.1 cm³/mol. The fourth-order valence-corrected chi connectivity index (χ4v) is 4.87. The average Bonchev–Trinajstić information content (AvgIpc) is 3.10. The van der Waals surface area contributed by atoms with Crippen LogP contribution in [0.5, 0.6) is 0 Å². The lowest BCUT2D eigenvalue weighted by Crippen LogP contribution is -1.85. The number of thiazole rings is 1. The number of imidazole rings is 1. The maximum atomic E-state index is 6.13. The van der Waals surface area contributed by atoms with Gasteiger partial charge in [0.25, 0.3) is 0 Å². The Morgan fingerprint density at radius 1 is 1.00 bits per heavy atom. The number of aromatic nitrogens is 2. The summed E-state index contributed by atoms with van der Waals surface area (Å²) in [5.41, 5.74) is 2.07. The molecule has 0 aliphatic heterocycles. The molecule has 0 N–H and O–H groups in total. The van der Waals surface area contributed by atoms with E-state index in [1.165, 1.54) is 0 Å². The maximum Gasteiger partial charge on any atom is 0.195 e. The molecule has 0 spiro atoms. The Morgan fingerprint density at radius 3 is 2.48 bits per heavy atom. The van der Waals surface area contributed by atoms with Gasteiger partial charge < -0.3 is 0 Å². The second-order valence-corrected chi connectivity index (χ2v) is 7.70. The summed E-state index contributed by atoms with van der Waals surface area (Å²) in [4.78, 5) is 6.74. The van der Waals surface area contributed by atoms with Gasteiger partial charge in [0.05, 0.1) is 0 Å². The molecule has 4 aromatic rings. The molecule has 23 heavy (non-hydrogen) atoms. The Balaban J connectivity index is 1.86. The van der Waals surface area contributed by atoms with E-state index in [-0.39, 0.29) is 0 Å². The molecule has 0 aliphatic rings. The van der Waals surface area contributed by atoms with Gasteiger partial charge in [0.2, 0.25) is 0 Å². The Kier molecular flexibility index (Phi) is 4.07. The molecular weight excluding hydrogens is 367 g/mol. The van der Waals surface area contributed by atoms with Gasteiger partial charge in [0, 0.05) is 32.1 Å². The van der Waals surface area contributed by atoms with E-state index in [1.54, 1.807) is 29.2 Å². The second-order valence-electron chi connectivity index (χ2n) is 4.89. The zero-order chi connectivity index (χ0) is 15.8. The van der Waals surface area contributed by atoms with Gasteiger partial charge >= 0.3 is 0 Å². The standard InChI is InChI=1S/C17H10Cl2N2S2/c18-12-8-13(19)10-14(9-12)23-16-15(11-4-2-1-3-5-11)20-17-21(16)6-7-22-17/h1-10H. The third kappa shape index (κ3) is 3.00. The average molecular weight is 377 g/mol. The molecule has 0 fully saturated rings. The second kappa shape index (κ2) is 6.21. The molecule has 2 nitrogen and oxygen atoms in total. The highest BCUT2D eigenvalue weighted by molar-refractivity contribution is 7.99. The molecule has 6 heteroatoms. The van der Waals surface area contributed by atoms with Crippen molar-refractivity contribution in [1.29, 1.82) is 0 Å². The van der Waals surface area contributed by atoms with Gasteiger partial charge in [-0.25, -0.2) is 4.98 Å². The third-order valence-corrected chi connectivity index (χ3v) is 5.56. The van der Waals surface area contributed by atoms with Crippen LogP contribution in [0.1, 0.15) is 0 Å². The molecule has 0 unspecified atom stereocenters. The smallest absolute Gasteiger partial charge is 0.195 e. The highest BCUT2D eigenvalue weighted by Crippen LogP contribution is 2.39. The summed E-state index contributed by atoms with van der Waals surface area (Å²) in [5.74, 6) is 0. The molecule has 0 saturated carbocycles. The van der Waals surface area contributed by atoms with Gasteiger partial charge in [0.15, 0.2) is 4.96 Å². The van der Waals surface area contributed by atoms with Crippen LogP contribution >= 0.6 is 46.3 Å². The van der Waals surface area contributed by atoms with Crippen molar-refractivity contribution >= 4 is 51.3 Å². The highest BCUT2D eigenvalue weighted by Gasteiger charge is 2.16. The Hall–Kier alpha value is -1.46. The van der Waals surface area contributed by atoms with Crippen LogP contribution in [0.15, 0.2) is 70.0 Å². The number of fused-ring (bicyclic) bond motifs is 1. The van der Waals surface area contributed by atoms with Crippen LogP contribution in [0.3, 0.4) is 0 Å². The van der Waals surface area contributed by atoms with Crippen LogP contribution < -0.4 is 0 Å². The summed E-state index contributed by atoms with van der Waals surface area (Å²) in [6.45, 7) is 0. The van der Waals surface area contributed by atoms with Crippen molar-refractivity contribution in [3.8, 4) is 11.3 Å². The van der Waals surface area contributed by atoms with E-state index in [4.69, 9.17) is 28.2 Å². The SMILES string of the molecule is Clc1cc(Cl)cc(Sc2c(-c3ccccc3)nc3sccn23)c1. The Morgan fingerprint density at radius 2 is 1.74 bits per heavy atom. The summed E-state index contributed by atoms with van der Waals surface area (Å²) in [6, 6.07) is 15.8. The number of nitrogens with zero attached hydrogens (tertiary/aromatic N) is 2. The molecular formula is C17H10Cl2N2S2. The lowest BCUT2D eigenvalue weighted by molar-refractivity contribution is 1.07. The lowest BCUT2D eigenvalue weighted by atomic mass is 10.2.